The average molecular weight is 325 g/mol. The van der Waals surface area contributed by atoms with Gasteiger partial charge in [-0.15, -0.1) is 33.4 Å². The summed E-state index contributed by atoms with van der Waals surface area (Å²) in [5.74, 6) is 1.61. The number of fused-ring (bicyclic) bond motifs is 2. The van der Waals surface area contributed by atoms with Crippen LogP contribution in [0.25, 0.3) is 0 Å². The molecule has 2 rings (SSSR count). The van der Waals surface area contributed by atoms with Gasteiger partial charge in [-0.2, -0.15) is 0 Å². The van der Waals surface area contributed by atoms with Crippen LogP contribution in [0.15, 0.2) is 0 Å². The second kappa shape index (κ2) is 6.39. The van der Waals surface area contributed by atoms with Crippen molar-refractivity contribution in [3.05, 3.63) is 0 Å². The second-order valence-electron chi connectivity index (χ2n) is 4.92. The largest absolute Gasteiger partial charge is 0.267 e. The number of nitrogens with zero attached hydrogens (tertiary/aromatic N) is 2. The zero-order valence-corrected chi connectivity index (χ0v) is 12.3. The van der Waals surface area contributed by atoms with Gasteiger partial charge >= 0.3 is 0 Å². The molecule has 0 spiro atoms. The Kier molecular flexibility index (Phi) is 5.92. The molecular weight excluding hydrogens is 306 g/mol. The van der Waals surface area contributed by atoms with Crippen LogP contribution < -0.4 is 18.6 Å². The van der Waals surface area contributed by atoms with Crippen LogP contribution in [0.3, 0.4) is 0 Å². The van der Waals surface area contributed by atoms with Crippen LogP contribution in [0.5, 0.6) is 0 Å². The summed E-state index contributed by atoms with van der Waals surface area (Å²) >= 11 is 11.7. The zero-order chi connectivity index (χ0) is 13.9. The third-order valence-corrected chi connectivity index (χ3v) is 4.15. The van der Waals surface area contributed by atoms with Gasteiger partial charge in [-0.05, 0) is 0 Å². The molecule has 0 aromatic heterocycles. The number of rotatable bonds is 4. The Morgan fingerprint density at radius 2 is 1.06 bits per heavy atom. The molecule has 2 saturated heterocycles. The number of piperazine rings is 1. The van der Waals surface area contributed by atoms with Crippen LogP contribution in [0.1, 0.15) is 0 Å². The van der Waals surface area contributed by atoms with Crippen molar-refractivity contribution in [2.75, 3.05) is 57.7 Å². The van der Waals surface area contributed by atoms with Crippen LogP contribution in [-0.4, -0.2) is 66.7 Å². The molecule has 6 nitrogen and oxygen atoms in total. The topological polar surface area (TPSA) is 92.2 Å². The van der Waals surface area contributed by atoms with E-state index in [4.69, 9.17) is 41.8 Å². The number of alkyl halides is 2. The number of hydrogen-bond acceptors (Lipinski definition) is 4. The van der Waals surface area contributed by atoms with Gasteiger partial charge in [-0.25, -0.2) is 18.6 Å². The molecule has 2 aliphatic heterocycles. The summed E-state index contributed by atoms with van der Waals surface area (Å²) in [7, 11) is -4.94. The van der Waals surface area contributed by atoms with Gasteiger partial charge in [-0.1, -0.05) is 0 Å². The lowest BCUT2D eigenvalue weighted by Gasteiger charge is -2.26. The summed E-state index contributed by atoms with van der Waals surface area (Å²) in [4.78, 5) is 0. The lowest BCUT2D eigenvalue weighted by Crippen LogP contribution is -2.68. The minimum absolute atomic E-state index is 0.806. The first-order chi connectivity index (χ1) is 8.24. The van der Waals surface area contributed by atoms with E-state index in [1.54, 1.807) is 0 Å². The molecular formula is C9H18Cl3N2O4+. The van der Waals surface area contributed by atoms with Crippen molar-refractivity contribution in [1.29, 1.82) is 0 Å². The molecule has 2 fully saturated rings. The summed E-state index contributed by atoms with van der Waals surface area (Å²) in [6.07, 6.45) is 0. The van der Waals surface area contributed by atoms with Crippen molar-refractivity contribution in [1.82, 2.24) is 0 Å². The average Bonchev–Trinajstić information content (AvgIpc) is 2.71. The van der Waals surface area contributed by atoms with Crippen LogP contribution in [0.4, 0.5) is 0 Å². The summed E-state index contributed by atoms with van der Waals surface area (Å²) in [5, 5.41) is 0. The van der Waals surface area contributed by atoms with E-state index < -0.39 is 10.2 Å². The molecule has 0 N–H and O–H groups in total. The van der Waals surface area contributed by atoms with E-state index in [9.17, 15) is 0 Å². The van der Waals surface area contributed by atoms with Gasteiger partial charge in [0.05, 0.1) is 24.8 Å². The molecule has 0 saturated carbocycles. The van der Waals surface area contributed by atoms with E-state index in [0.717, 1.165) is 24.8 Å². The van der Waals surface area contributed by atoms with Crippen molar-refractivity contribution in [3.63, 3.8) is 0 Å². The highest BCUT2D eigenvalue weighted by Gasteiger charge is 2.54. The zero-order valence-electron chi connectivity index (χ0n) is 10.0. The lowest BCUT2D eigenvalue weighted by atomic mass is 10.3. The molecule has 2 aliphatic rings. The monoisotopic (exact) mass is 323 g/mol. The Morgan fingerprint density at radius 1 is 0.778 bits per heavy atom. The molecule has 0 aliphatic carbocycles. The maximum Gasteiger partial charge on any atom is 0.208 e. The molecule has 9 heteroatoms. The van der Waals surface area contributed by atoms with Gasteiger partial charge < -0.3 is 0 Å². The summed E-state index contributed by atoms with van der Waals surface area (Å²) in [6, 6.07) is 0. The van der Waals surface area contributed by atoms with E-state index in [-0.39, 0.29) is 0 Å². The molecule has 18 heavy (non-hydrogen) atoms. The molecule has 2 heterocycles. The fourth-order valence-corrected chi connectivity index (χ4v) is 3.66. The Morgan fingerprint density at radius 3 is 1.28 bits per heavy atom. The molecule has 0 amide bonds. The van der Waals surface area contributed by atoms with Gasteiger partial charge in [0.25, 0.3) is 0 Å². The Bertz CT molecular complexity index is 241. The molecule has 0 aromatic carbocycles. The third kappa shape index (κ3) is 4.96. The fraction of sp³-hybridized carbons (Fsp3) is 1.00. The van der Waals surface area contributed by atoms with E-state index in [2.05, 4.69) is 0 Å². The van der Waals surface area contributed by atoms with Gasteiger partial charge in [-0.3, -0.25) is 8.97 Å². The van der Waals surface area contributed by atoms with Gasteiger partial charge in [0, 0.05) is 0 Å². The number of hydrogen-bond donors (Lipinski definition) is 0. The first kappa shape index (κ1) is 16.7. The van der Waals surface area contributed by atoms with Gasteiger partial charge in [0.2, 0.25) is 6.67 Å². The molecule has 0 radical (unpaired) electrons. The Balaban J connectivity index is 0.000000280. The number of quaternary nitrogens is 2. The smallest absolute Gasteiger partial charge is 0.208 e. The Hall–Kier alpha value is 0.630. The van der Waals surface area contributed by atoms with Crippen LogP contribution in [0.2, 0.25) is 0 Å². The summed E-state index contributed by atoms with van der Waals surface area (Å²) in [6.45, 7) is 8.90. The molecule has 0 atom stereocenters. The van der Waals surface area contributed by atoms with Crippen molar-refractivity contribution in [2.45, 2.75) is 0 Å². The van der Waals surface area contributed by atoms with Gasteiger partial charge in [0.15, 0.2) is 0 Å². The van der Waals surface area contributed by atoms with Crippen LogP contribution >= 0.6 is 23.2 Å². The predicted molar refractivity (Wildman–Crippen MR) is 56.0 cm³/mol. The molecule has 2 bridgehead atoms. The Labute approximate surface area is 119 Å². The summed E-state index contributed by atoms with van der Waals surface area (Å²) in [5.41, 5.74) is 0. The van der Waals surface area contributed by atoms with E-state index in [1.165, 1.54) is 41.8 Å². The summed E-state index contributed by atoms with van der Waals surface area (Å²) < 4.78 is 36.5. The second-order valence-corrected chi connectivity index (χ2v) is 6.43. The minimum Gasteiger partial charge on any atom is -0.267 e. The first-order valence-corrected chi connectivity index (χ1v) is 7.99. The molecule has 108 valence electrons. The van der Waals surface area contributed by atoms with Crippen molar-refractivity contribution in [2.24, 2.45) is 0 Å². The highest BCUT2D eigenvalue weighted by atomic mass is 35.7. The SMILES string of the molecule is ClCC[N+]12CC[N+](CCCl)(CC1)C2.[O-][Cl+3]([O-])([O-])[O-]. The molecule has 0 unspecified atom stereocenters. The lowest BCUT2D eigenvalue weighted by molar-refractivity contribution is -2.00. The normalized spacial score (nSPS) is 34.3. The highest BCUT2D eigenvalue weighted by molar-refractivity contribution is 6.18. The van der Waals surface area contributed by atoms with Crippen LogP contribution in [-0.2, 0) is 0 Å². The maximum absolute atomic E-state index is 8.49. The number of halogens is 3. The standard InChI is InChI=1S/C9H18Cl2N2.ClHO4/c10-1-3-12-5-7-13(9-12,4-2-11)8-6-12;2-1(3,4)5/h1-9H2;(H,2,3,4,5)/q+2;/p-1. The minimum atomic E-state index is -4.94. The highest BCUT2D eigenvalue weighted by Crippen LogP contribution is 2.31. The molecule has 0 aromatic rings. The van der Waals surface area contributed by atoms with Crippen LogP contribution in [0, 0.1) is 10.2 Å². The van der Waals surface area contributed by atoms with E-state index in [1.807, 2.05) is 0 Å². The predicted octanol–water partition coefficient (Wildman–Crippen LogP) is -3.67. The third-order valence-electron chi connectivity index (χ3n) is 3.82. The van der Waals surface area contributed by atoms with E-state index >= 15 is 0 Å². The van der Waals surface area contributed by atoms with Gasteiger partial charge in [0.1, 0.15) is 26.2 Å². The van der Waals surface area contributed by atoms with E-state index in [0.29, 0.717) is 0 Å². The maximum atomic E-state index is 8.49. The van der Waals surface area contributed by atoms with Crippen molar-refractivity contribution in [3.8, 4) is 0 Å². The van der Waals surface area contributed by atoms with Crippen molar-refractivity contribution >= 4 is 23.2 Å². The first-order valence-electron chi connectivity index (χ1n) is 5.68. The fourth-order valence-electron chi connectivity index (χ4n) is 2.94. The quantitative estimate of drug-likeness (QED) is 0.393. The van der Waals surface area contributed by atoms with Crippen molar-refractivity contribution < 1.29 is 37.8 Å².